The number of hydrogen-bond acceptors (Lipinski definition) is 4. The van der Waals surface area contributed by atoms with Crippen molar-refractivity contribution < 1.29 is 20.1 Å². The molecule has 1 aliphatic rings. The molecule has 0 unspecified atom stereocenters. The van der Waals surface area contributed by atoms with E-state index in [9.17, 15) is 15.3 Å². The van der Waals surface area contributed by atoms with Gasteiger partial charge < -0.3 is 20.1 Å². The lowest BCUT2D eigenvalue weighted by Crippen LogP contribution is -2.56. The van der Waals surface area contributed by atoms with Crippen LogP contribution in [0.15, 0.2) is 0 Å². The summed E-state index contributed by atoms with van der Waals surface area (Å²) in [6.07, 6.45) is -1.16. The summed E-state index contributed by atoms with van der Waals surface area (Å²) in [6.45, 7) is 8.24. The van der Waals surface area contributed by atoms with E-state index in [-0.39, 0.29) is 11.5 Å². The maximum Gasteiger partial charge on any atom is 0.111 e. The van der Waals surface area contributed by atoms with E-state index >= 15 is 0 Å². The zero-order chi connectivity index (χ0) is 13.2. The molecule has 0 radical (unpaired) electrons. The van der Waals surface area contributed by atoms with Crippen LogP contribution in [0, 0.1) is 5.41 Å². The summed E-state index contributed by atoms with van der Waals surface area (Å²) in [5, 5.41) is 29.0. The molecule has 0 aromatic carbocycles. The highest BCUT2D eigenvalue weighted by molar-refractivity contribution is 4.90. The highest BCUT2D eigenvalue weighted by Gasteiger charge is 2.41. The van der Waals surface area contributed by atoms with Crippen LogP contribution in [-0.2, 0) is 4.74 Å². The van der Waals surface area contributed by atoms with Gasteiger partial charge in [0, 0.05) is 0 Å². The molecule has 0 aromatic heterocycles. The predicted octanol–water partition coefficient (Wildman–Crippen LogP) is 1.07. The number of rotatable bonds is 3. The van der Waals surface area contributed by atoms with E-state index in [0.717, 1.165) is 12.8 Å². The van der Waals surface area contributed by atoms with Gasteiger partial charge in [-0.25, -0.2) is 0 Å². The van der Waals surface area contributed by atoms with Crippen molar-refractivity contribution in [2.24, 2.45) is 5.41 Å². The van der Waals surface area contributed by atoms with Crippen LogP contribution < -0.4 is 0 Å². The molecule has 0 amide bonds. The lowest BCUT2D eigenvalue weighted by atomic mass is 9.87. The first-order valence-electron chi connectivity index (χ1n) is 6.42. The Balaban J connectivity index is 2.43. The summed E-state index contributed by atoms with van der Waals surface area (Å²) in [4.78, 5) is 0. The SMILES string of the molecule is C[C@@H]1O[C@@H](CCCC(C)(C)C)[C@@H](O)[C@H](O)[C@@H]1O. The van der Waals surface area contributed by atoms with Crippen LogP contribution in [0.4, 0.5) is 0 Å². The number of aliphatic hydroxyl groups is 3. The standard InChI is InChI=1S/C13H26O4/c1-8-10(14)12(16)11(15)9(17-8)6-5-7-13(2,3)4/h8-12,14-16H,5-7H2,1-4H3/t8-,9-,10+,11+,12+/m0/s1. The van der Waals surface area contributed by atoms with Crippen molar-refractivity contribution in [2.45, 2.75) is 77.5 Å². The Kier molecular flexibility index (Phi) is 4.95. The van der Waals surface area contributed by atoms with Gasteiger partial charge in [0.2, 0.25) is 0 Å². The van der Waals surface area contributed by atoms with Crippen LogP contribution in [0.25, 0.3) is 0 Å². The quantitative estimate of drug-likeness (QED) is 0.697. The molecule has 5 atom stereocenters. The first-order chi connectivity index (χ1) is 7.72. The Morgan fingerprint density at radius 2 is 1.59 bits per heavy atom. The van der Waals surface area contributed by atoms with Crippen molar-refractivity contribution >= 4 is 0 Å². The fourth-order valence-electron chi connectivity index (χ4n) is 2.21. The van der Waals surface area contributed by atoms with Crippen molar-refractivity contribution in [3.63, 3.8) is 0 Å². The van der Waals surface area contributed by atoms with Crippen LogP contribution in [-0.4, -0.2) is 45.8 Å². The van der Waals surface area contributed by atoms with E-state index in [1.54, 1.807) is 6.92 Å². The van der Waals surface area contributed by atoms with Crippen LogP contribution in [0.5, 0.6) is 0 Å². The molecule has 102 valence electrons. The molecule has 17 heavy (non-hydrogen) atoms. The Hall–Kier alpha value is -0.160. The van der Waals surface area contributed by atoms with Crippen molar-refractivity contribution in [2.75, 3.05) is 0 Å². The Bertz CT molecular complexity index is 236. The third kappa shape index (κ3) is 4.21. The summed E-state index contributed by atoms with van der Waals surface area (Å²) in [7, 11) is 0. The molecular weight excluding hydrogens is 220 g/mol. The average molecular weight is 246 g/mol. The van der Waals surface area contributed by atoms with Gasteiger partial charge >= 0.3 is 0 Å². The van der Waals surface area contributed by atoms with Crippen LogP contribution in [0.2, 0.25) is 0 Å². The molecule has 1 heterocycles. The minimum Gasteiger partial charge on any atom is -0.388 e. The molecule has 0 bridgehead atoms. The van der Waals surface area contributed by atoms with Crippen LogP contribution in [0.1, 0.15) is 47.0 Å². The topological polar surface area (TPSA) is 69.9 Å². The van der Waals surface area contributed by atoms with Crippen molar-refractivity contribution in [3.05, 3.63) is 0 Å². The van der Waals surface area contributed by atoms with Gasteiger partial charge in [-0.3, -0.25) is 0 Å². The van der Waals surface area contributed by atoms with Gasteiger partial charge in [-0.1, -0.05) is 27.2 Å². The van der Waals surface area contributed by atoms with Gasteiger partial charge in [-0.05, 0) is 25.2 Å². The largest absolute Gasteiger partial charge is 0.388 e. The summed E-state index contributed by atoms with van der Waals surface area (Å²) < 4.78 is 5.54. The minimum absolute atomic E-state index is 0.267. The van der Waals surface area contributed by atoms with E-state index < -0.39 is 24.4 Å². The molecule has 0 aliphatic carbocycles. The highest BCUT2D eigenvalue weighted by atomic mass is 16.5. The first-order valence-corrected chi connectivity index (χ1v) is 6.42. The van der Waals surface area contributed by atoms with E-state index in [1.807, 2.05) is 0 Å². The molecule has 0 spiro atoms. The summed E-state index contributed by atoms with van der Waals surface area (Å²) in [5.41, 5.74) is 0.267. The maximum absolute atomic E-state index is 9.82. The predicted molar refractivity (Wildman–Crippen MR) is 65.7 cm³/mol. The Labute approximate surface area is 104 Å². The second-order valence-corrected chi connectivity index (χ2v) is 6.30. The molecule has 3 N–H and O–H groups in total. The van der Waals surface area contributed by atoms with Crippen molar-refractivity contribution in [1.29, 1.82) is 0 Å². The molecular formula is C13H26O4. The lowest BCUT2D eigenvalue weighted by Gasteiger charge is -2.39. The number of ether oxygens (including phenoxy) is 1. The fraction of sp³-hybridized carbons (Fsp3) is 1.00. The molecule has 0 saturated carbocycles. The summed E-state index contributed by atoms with van der Waals surface area (Å²) in [6, 6.07) is 0. The second kappa shape index (κ2) is 5.65. The van der Waals surface area contributed by atoms with Gasteiger partial charge in [0.05, 0.1) is 12.2 Å². The molecule has 1 saturated heterocycles. The minimum atomic E-state index is -1.10. The van der Waals surface area contributed by atoms with Crippen molar-refractivity contribution in [3.8, 4) is 0 Å². The van der Waals surface area contributed by atoms with E-state index in [4.69, 9.17) is 4.74 Å². The molecule has 1 aliphatic heterocycles. The third-order valence-electron chi connectivity index (χ3n) is 3.37. The van der Waals surface area contributed by atoms with Gasteiger partial charge in [0.15, 0.2) is 0 Å². The number of aliphatic hydroxyl groups excluding tert-OH is 3. The number of hydrogen-bond donors (Lipinski definition) is 3. The lowest BCUT2D eigenvalue weighted by molar-refractivity contribution is -0.218. The average Bonchev–Trinajstić information content (AvgIpc) is 2.21. The van der Waals surface area contributed by atoms with Crippen molar-refractivity contribution in [1.82, 2.24) is 0 Å². The van der Waals surface area contributed by atoms with Gasteiger partial charge in [-0.2, -0.15) is 0 Å². The van der Waals surface area contributed by atoms with Gasteiger partial charge in [-0.15, -0.1) is 0 Å². The zero-order valence-electron chi connectivity index (χ0n) is 11.3. The molecule has 1 rings (SSSR count). The second-order valence-electron chi connectivity index (χ2n) is 6.30. The fourth-order valence-corrected chi connectivity index (χ4v) is 2.21. The first kappa shape index (κ1) is 14.9. The van der Waals surface area contributed by atoms with E-state index in [0.29, 0.717) is 6.42 Å². The summed E-state index contributed by atoms with van der Waals surface area (Å²) >= 11 is 0. The molecule has 0 aromatic rings. The van der Waals surface area contributed by atoms with Crippen LogP contribution >= 0.6 is 0 Å². The summed E-state index contributed by atoms with van der Waals surface area (Å²) in [5.74, 6) is 0. The van der Waals surface area contributed by atoms with Crippen LogP contribution in [0.3, 0.4) is 0 Å². The maximum atomic E-state index is 9.82. The normalized spacial score (nSPS) is 39.4. The van der Waals surface area contributed by atoms with Gasteiger partial charge in [0.1, 0.15) is 18.3 Å². The smallest absolute Gasteiger partial charge is 0.111 e. The van der Waals surface area contributed by atoms with Gasteiger partial charge in [0.25, 0.3) is 0 Å². The molecule has 4 nitrogen and oxygen atoms in total. The Morgan fingerprint density at radius 1 is 1.00 bits per heavy atom. The monoisotopic (exact) mass is 246 g/mol. The van der Waals surface area contributed by atoms with E-state index in [2.05, 4.69) is 20.8 Å². The Morgan fingerprint density at radius 3 is 2.12 bits per heavy atom. The third-order valence-corrected chi connectivity index (χ3v) is 3.37. The zero-order valence-corrected chi connectivity index (χ0v) is 11.3. The van der Waals surface area contributed by atoms with E-state index in [1.165, 1.54) is 0 Å². The highest BCUT2D eigenvalue weighted by Crippen LogP contribution is 2.27. The molecule has 1 fully saturated rings. The molecule has 4 heteroatoms.